The van der Waals surface area contributed by atoms with Gasteiger partial charge < -0.3 is 25.1 Å². The molecule has 0 radical (unpaired) electrons. The van der Waals surface area contributed by atoms with Crippen LogP contribution in [0.1, 0.15) is 45.4 Å². The van der Waals surface area contributed by atoms with Crippen molar-refractivity contribution in [1.29, 1.82) is 5.26 Å². The first-order valence-corrected chi connectivity index (χ1v) is 13.3. The monoisotopic (exact) mass is 599 g/mol. The molecule has 41 heavy (non-hydrogen) atoms. The molecule has 0 aliphatic carbocycles. The summed E-state index contributed by atoms with van der Waals surface area (Å²) >= 11 is 13.1. The first kappa shape index (κ1) is 29.7. The van der Waals surface area contributed by atoms with Gasteiger partial charge in [0.05, 0.1) is 35.2 Å². The number of hydroxylamine groups is 1. The summed E-state index contributed by atoms with van der Waals surface area (Å²) in [5, 5.41) is 24.9. The van der Waals surface area contributed by atoms with Crippen molar-refractivity contribution in [2.45, 2.75) is 32.4 Å². The van der Waals surface area contributed by atoms with E-state index in [0.717, 1.165) is 5.39 Å². The van der Waals surface area contributed by atoms with Crippen molar-refractivity contribution in [3.05, 3.63) is 80.3 Å². The van der Waals surface area contributed by atoms with Crippen molar-refractivity contribution in [2.75, 3.05) is 20.2 Å². The number of aliphatic carboxylic acids is 1. The predicted molar refractivity (Wildman–Crippen MR) is 151 cm³/mol. The van der Waals surface area contributed by atoms with Crippen LogP contribution in [0, 0.1) is 11.3 Å². The molecule has 0 fully saturated rings. The van der Waals surface area contributed by atoms with Crippen LogP contribution in [0.5, 0.6) is 0 Å². The second-order valence-electron chi connectivity index (χ2n) is 9.35. The minimum atomic E-state index is -1.37. The highest BCUT2D eigenvalue weighted by atomic mass is 35.5. The Morgan fingerprint density at radius 3 is 2.68 bits per heavy atom. The van der Waals surface area contributed by atoms with Gasteiger partial charge in [-0.2, -0.15) is 5.26 Å². The number of amides is 2. The number of carboxylic acids is 1. The van der Waals surface area contributed by atoms with Gasteiger partial charge in [0.25, 0.3) is 11.8 Å². The first-order valence-electron chi connectivity index (χ1n) is 12.5. The van der Waals surface area contributed by atoms with Gasteiger partial charge >= 0.3 is 5.97 Å². The molecule has 2 amide bonds. The summed E-state index contributed by atoms with van der Waals surface area (Å²) in [6.07, 6.45) is 0.431. The number of furan rings is 1. The van der Waals surface area contributed by atoms with Gasteiger partial charge in [0.2, 0.25) is 0 Å². The van der Waals surface area contributed by atoms with E-state index in [4.69, 9.17) is 37.7 Å². The Balaban J connectivity index is 1.50. The maximum atomic E-state index is 13.2. The van der Waals surface area contributed by atoms with Crippen LogP contribution in [-0.2, 0) is 22.6 Å². The molecule has 1 aliphatic heterocycles. The summed E-state index contributed by atoms with van der Waals surface area (Å²) in [4.78, 5) is 44.8. The second kappa shape index (κ2) is 13.0. The predicted octanol–water partition coefficient (Wildman–Crippen LogP) is 4.01. The molecular weight excluding hydrogens is 573 g/mol. The largest absolute Gasteiger partial charge is 0.480 e. The smallest absolute Gasteiger partial charge is 0.328 e. The standard InChI is InChI=1S/C28H27Cl2N5O6/c1-15(7-9-31)25(34-40-2)32-13-20(28(38)39)33-26(36)23-19(29)11-17-14-35(10-8-18(17)24(23)30)27(37)22-12-16-5-3-4-6-21(16)41-22/h3-6,11-12,20,32,34H,7-8,10,13-14H2,1-2H3,(H,33,36)(H,38,39)/b25-15+/t20-/m0/s1. The number of carbonyl (C=O) groups is 3. The number of carboxylic acid groups (broad SMARTS) is 1. The minimum Gasteiger partial charge on any atom is -0.480 e. The van der Waals surface area contributed by atoms with Gasteiger partial charge in [0, 0.05) is 25.0 Å². The molecule has 2 aromatic carbocycles. The molecule has 0 bridgehead atoms. The van der Waals surface area contributed by atoms with E-state index in [1.807, 2.05) is 24.3 Å². The van der Waals surface area contributed by atoms with Gasteiger partial charge in [-0.15, -0.1) is 0 Å². The lowest BCUT2D eigenvalue weighted by molar-refractivity contribution is -0.139. The van der Waals surface area contributed by atoms with Gasteiger partial charge in [-0.3, -0.25) is 19.9 Å². The Bertz CT molecular complexity index is 1540. The van der Waals surface area contributed by atoms with E-state index in [-0.39, 0.29) is 46.8 Å². The number of nitrogens with zero attached hydrogens (tertiary/aromatic N) is 2. The van der Waals surface area contributed by atoms with Crippen LogP contribution in [0.3, 0.4) is 0 Å². The summed E-state index contributed by atoms with van der Waals surface area (Å²) in [5.41, 5.74) is 5.04. The van der Waals surface area contributed by atoms with E-state index in [9.17, 15) is 19.5 Å². The summed E-state index contributed by atoms with van der Waals surface area (Å²) < 4.78 is 5.72. The molecule has 4 rings (SSSR count). The van der Waals surface area contributed by atoms with E-state index < -0.39 is 17.9 Å². The molecule has 2 heterocycles. The van der Waals surface area contributed by atoms with Gasteiger partial charge in [0.15, 0.2) is 5.76 Å². The van der Waals surface area contributed by atoms with Crippen LogP contribution in [0.2, 0.25) is 10.0 Å². The molecule has 1 atom stereocenters. The number of halogens is 2. The summed E-state index contributed by atoms with van der Waals surface area (Å²) in [7, 11) is 1.37. The minimum absolute atomic E-state index is 0.0212. The van der Waals surface area contributed by atoms with Crippen LogP contribution < -0.4 is 16.1 Å². The van der Waals surface area contributed by atoms with E-state index in [2.05, 4.69) is 16.1 Å². The number of allylic oxidation sites excluding steroid dienone is 1. The fourth-order valence-electron chi connectivity index (χ4n) is 4.49. The molecule has 3 aromatic rings. The maximum Gasteiger partial charge on any atom is 0.328 e. The number of nitrogens with one attached hydrogen (secondary N) is 3. The average molecular weight is 600 g/mol. The van der Waals surface area contributed by atoms with Crippen molar-refractivity contribution >= 4 is 52.0 Å². The zero-order valence-electron chi connectivity index (χ0n) is 22.2. The first-order chi connectivity index (χ1) is 19.6. The molecule has 0 saturated heterocycles. The van der Waals surface area contributed by atoms with E-state index >= 15 is 0 Å². The lowest BCUT2D eigenvalue weighted by atomic mass is 9.96. The number of hydrogen-bond donors (Lipinski definition) is 4. The highest BCUT2D eigenvalue weighted by Gasteiger charge is 2.30. The average Bonchev–Trinajstić information content (AvgIpc) is 3.38. The maximum absolute atomic E-state index is 13.2. The third-order valence-corrected chi connectivity index (χ3v) is 7.33. The van der Waals surface area contributed by atoms with Gasteiger partial charge in [-0.1, -0.05) is 41.4 Å². The number of carbonyl (C=O) groups excluding carboxylic acids is 2. The van der Waals surface area contributed by atoms with Crippen molar-refractivity contribution < 1.29 is 28.7 Å². The van der Waals surface area contributed by atoms with E-state index in [1.165, 1.54) is 7.11 Å². The van der Waals surface area contributed by atoms with Crippen LogP contribution >= 0.6 is 23.2 Å². The van der Waals surface area contributed by atoms with Crippen LogP contribution in [-0.4, -0.2) is 54.0 Å². The molecule has 11 nitrogen and oxygen atoms in total. The van der Waals surface area contributed by atoms with Crippen molar-refractivity contribution in [3.63, 3.8) is 0 Å². The Kier molecular flexibility index (Phi) is 9.39. The van der Waals surface area contributed by atoms with Crippen molar-refractivity contribution in [3.8, 4) is 6.07 Å². The zero-order chi connectivity index (χ0) is 29.7. The van der Waals surface area contributed by atoms with Crippen molar-refractivity contribution in [2.24, 2.45) is 0 Å². The summed E-state index contributed by atoms with van der Waals surface area (Å²) in [6, 6.07) is 11.2. The fourth-order valence-corrected chi connectivity index (χ4v) is 5.26. The molecule has 0 saturated carbocycles. The Hall–Kier alpha value is -4.24. The number of rotatable bonds is 10. The molecule has 4 N–H and O–H groups in total. The number of fused-ring (bicyclic) bond motifs is 2. The molecule has 13 heteroatoms. The lowest BCUT2D eigenvalue weighted by Gasteiger charge is -2.30. The van der Waals surface area contributed by atoms with Gasteiger partial charge in [-0.25, -0.2) is 4.79 Å². The summed E-state index contributed by atoms with van der Waals surface area (Å²) in [5.74, 6) is -1.82. The van der Waals surface area contributed by atoms with Crippen molar-refractivity contribution in [1.82, 2.24) is 21.0 Å². The van der Waals surface area contributed by atoms with E-state index in [1.54, 1.807) is 30.0 Å². The zero-order valence-corrected chi connectivity index (χ0v) is 23.7. The van der Waals surface area contributed by atoms with E-state index in [0.29, 0.717) is 41.1 Å². The third-order valence-electron chi connectivity index (χ3n) is 6.62. The molecule has 1 aliphatic rings. The van der Waals surface area contributed by atoms with Gasteiger partial charge in [-0.05, 0) is 48.2 Å². The molecule has 214 valence electrons. The molecular formula is C28H27Cl2N5O6. The molecule has 0 unspecified atom stereocenters. The summed E-state index contributed by atoms with van der Waals surface area (Å²) in [6.45, 7) is 1.98. The molecule has 1 aromatic heterocycles. The number of para-hydroxylation sites is 1. The highest BCUT2D eigenvalue weighted by Crippen LogP contribution is 2.35. The van der Waals surface area contributed by atoms with Crippen LogP contribution in [0.25, 0.3) is 11.0 Å². The van der Waals surface area contributed by atoms with Gasteiger partial charge in [0.1, 0.15) is 17.4 Å². The number of benzene rings is 2. The molecule has 0 spiro atoms. The SMILES string of the molecule is CON/C(NC[C@H](NC(=O)c1c(Cl)cc2c(c1Cl)CCN(C(=O)c1cc3ccccc3o1)C2)C(=O)O)=C(\C)CC#N. The number of nitriles is 1. The lowest BCUT2D eigenvalue weighted by Crippen LogP contribution is -2.48. The Morgan fingerprint density at radius 1 is 1.24 bits per heavy atom. The number of hydrogen-bond acceptors (Lipinski definition) is 8. The fraction of sp³-hybridized carbons (Fsp3) is 0.286. The normalized spacial score (nSPS) is 14.0. The quantitative estimate of drug-likeness (QED) is 0.253. The Morgan fingerprint density at radius 2 is 2.00 bits per heavy atom. The van der Waals surface area contributed by atoms with Crippen LogP contribution in [0.15, 0.2) is 52.2 Å². The van der Waals surface area contributed by atoms with Crippen LogP contribution in [0.4, 0.5) is 0 Å². The topological polar surface area (TPSA) is 157 Å². The highest BCUT2D eigenvalue weighted by molar-refractivity contribution is 6.40. The third kappa shape index (κ3) is 6.57. The Labute approximate surface area is 245 Å². The second-order valence-corrected chi connectivity index (χ2v) is 10.1.